The summed E-state index contributed by atoms with van der Waals surface area (Å²) in [4.78, 5) is 11.2. The molecule has 0 rings (SSSR count). The number of carbonyl (C=O) groups excluding carboxylic acids is 1. The summed E-state index contributed by atoms with van der Waals surface area (Å²) in [6.45, 7) is 2.63. The molecule has 0 aliphatic carbocycles. The molecule has 0 aromatic rings. The highest BCUT2D eigenvalue weighted by Crippen LogP contribution is 1.93. The fourth-order valence-electron chi connectivity index (χ4n) is 1.00. The molecule has 2 atom stereocenters. The molecular weight excluding hydrogens is 200 g/mol. The molecule has 0 saturated carbocycles. The van der Waals surface area contributed by atoms with Gasteiger partial charge in [0.1, 0.15) is 0 Å². The van der Waals surface area contributed by atoms with Gasteiger partial charge in [-0.15, -0.1) is 0 Å². The Morgan fingerprint density at radius 2 is 2.14 bits per heavy atom. The van der Waals surface area contributed by atoms with E-state index in [1.807, 2.05) is 14.0 Å². The molecule has 0 fully saturated rings. The molecule has 2 N–H and O–H groups in total. The van der Waals surface area contributed by atoms with Crippen molar-refractivity contribution >= 4 is 16.7 Å². The first-order chi connectivity index (χ1) is 6.56. The van der Waals surface area contributed by atoms with Crippen LogP contribution in [0.2, 0.25) is 0 Å². The van der Waals surface area contributed by atoms with Crippen molar-refractivity contribution in [1.82, 2.24) is 10.6 Å². The minimum atomic E-state index is -0.770. The maximum atomic E-state index is 11.2. The monoisotopic (exact) mass is 220 g/mol. The minimum Gasteiger partial charge on any atom is -0.354 e. The van der Waals surface area contributed by atoms with Gasteiger partial charge in [-0.3, -0.25) is 9.00 Å². The van der Waals surface area contributed by atoms with Gasteiger partial charge in [0.25, 0.3) is 0 Å². The predicted molar refractivity (Wildman–Crippen MR) is 59.7 cm³/mol. The second-order valence-electron chi connectivity index (χ2n) is 3.39. The number of hydrogen-bond donors (Lipinski definition) is 2. The molecule has 0 bridgehead atoms. The highest BCUT2D eigenvalue weighted by molar-refractivity contribution is 7.84. The van der Waals surface area contributed by atoms with Crippen LogP contribution in [-0.4, -0.2) is 41.8 Å². The van der Waals surface area contributed by atoms with Gasteiger partial charge < -0.3 is 10.6 Å². The van der Waals surface area contributed by atoms with E-state index < -0.39 is 10.8 Å². The quantitative estimate of drug-likeness (QED) is 0.628. The van der Waals surface area contributed by atoms with Crippen LogP contribution in [0.15, 0.2) is 0 Å². The minimum absolute atomic E-state index is 0.0498. The third-order valence-corrected chi connectivity index (χ3v) is 2.66. The Balaban J connectivity index is 3.55. The Morgan fingerprint density at radius 3 is 2.64 bits per heavy atom. The Hall–Kier alpha value is -0.420. The first-order valence-electron chi connectivity index (χ1n) is 4.80. The molecule has 1 amide bonds. The largest absolute Gasteiger partial charge is 0.354 e. The van der Waals surface area contributed by atoms with E-state index in [0.717, 1.165) is 6.42 Å². The maximum absolute atomic E-state index is 11.2. The van der Waals surface area contributed by atoms with E-state index in [9.17, 15) is 9.00 Å². The fraction of sp³-hybridized carbons (Fsp3) is 0.889. The van der Waals surface area contributed by atoms with Crippen molar-refractivity contribution in [2.45, 2.75) is 25.8 Å². The highest BCUT2D eigenvalue weighted by atomic mass is 32.2. The van der Waals surface area contributed by atoms with E-state index in [1.54, 1.807) is 6.26 Å². The molecule has 5 heteroatoms. The van der Waals surface area contributed by atoms with Gasteiger partial charge in [-0.2, -0.15) is 0 Å². The first kappa shape index (κ1) is 13.6. The molecule has 0 heterocycles. The third kappa shape index (κ3) is 8.19. The maximum Gasteiger partial charge on any atom is 0.221 e. The van der Waals surface area contributed by atoms with E-state index in [2.05, 4.69) is 10.6 Å². The number of hydrogen-bond acceptors (Lipinski definition) is 3. The van der Waals surface area contributed by atoms with Gasteiger partial charge in [-0.1, -0.05) is 0 Å². The normalized spacial score (nSPS) is 14.8. The van der Waals surface area contributed by atoms with Crippen molar-refractivity contribution < 1.29 is 9.00 Å². The molecule has 0 radical (unpaired) electrons. The number of rotatable bonds is 7. The summed E-state index contributed by atoms with van der Waals surface area (Å²) in [5, 5.41) is 5.77. The average Bonchev–Trinajstić information content (AvgIpc) is 2.11. The summed E-state index contributed by atoms with van der Waals surface area (Å²) >= 11 is 0. The van der Waals surface area contributed by atoms with Crippen LogP contribution in [0, 0.1) is 0 Å². The van der Waals surface area contributed by atoms with Gasteiger partial charge in [0, 0.05) is 41.8 Å². The van der Waals surface area contributed by atoms with Crippen LogP contribution >= 0.6 is 0 Å². The summed E-state index contributed by atoms with van der Waals surface area (Å²) in [7, 11) is 1.05. The van der Waals surface area contributed by atoms with E-state index in [0.29, 0.717) is 18.7 Å². The fourth-order valence-corrected chi connectivity index (χ4v) is 1.69. The summed E-state index contributed by atoms with van der Waals surface area (Å²) in [6, 6.07) is 0.114. The molecule has 0 aromatic heterocycles. The Labute approximate surface area is 88.3 Å². The zero-order chi connectivity index (χ0) is 11.0. The van der Waals surface area contributed by atoms with Crippen molar-refractivity contribution in [3.05, 3.63) is 0 Å². The number of nitrogens with one attached hydrogen (secondary N) is 2. The van der Waals surface area contributed by atoms with Crippen LogP contribution in [0.4, 0.5) is 0 Å². The zero-order valence-electron chi connectivity index (χ0n) is 9.13. The SMILES string of the molecule is CNCCC(=O)NC(C)CCS(C)=O. The lowest BCUT2D eigenvalue weighted by Gasteiger charge is -2.12. The molecule has 0 aromatic carbocycles. The second kappa shape index (κ2) is 7.94. The summed E-state index contributed by atoms with van der Waals surface area (Å²) in [6.07, 6.45) is 2.94. The Kier molecular flexibility index (Phi) is 7.70. The first-order valence-corrected chi connectivity index (χ1v) is 6.53. The molecule has 4 nitrogen and oxygen atoms in total. The van der Waals surface area contributed by atoms with Gasteiger partial charge in [0.15, 0.2) is 0 Å². The van der Waals surface area contributed by atoms with Crippen molar-refractivity contribution in [2.24, 2.45) is 0 Å². The smallest absolute Gasteiger partial charge is 0.221 e. The summed E-state index contributed by atoms with van der Waals surface area (Å²) in [5.74, 6) is 0.696. The second-order valence-corrected chi connectivity index (χ2v) is 4.94. The Morgan fingerprint density at radius 1 is 1.50 bits per heavy atom. The van der Waals surface area contributed by atoms with Crippen LogP contribution in [0.3, 0.4) is 0 Å². The zero-order valence-corrected chi connectivity index (χ0v) is 9.95. The van der Waals surface area contributed by atoms with Crippen LogP contribution in [0.1, 0.15) is 19.8 Å². The number of carbonyl (C=O) groups is 1. The lowest BCUT2D eigenvalue weighted by molar-refractivity contribution is -0.121. The van der Waals surface area contributed by atoms with Gasteiger partial charge in [-0.25, -0.2) is 0 Å². The van der Waals surface area contributed by atoms with Gasteiger partial charge in [0.05, 0.1) is 0 Å². The van der Waals surface area contributed by atoms with Crippen molar-refractivity contribution in [3.8, 4) is 0 Å². The summed E-state index contributed by atoms with van der Waals surface area (Å²) in [5.41, 5.74) is 0. The highest BCUT2D eigenvalue weighted by Gasteiger charge is 2.06. The number of amides is 1. The average molecular weight is 220 g/mol. The van der Waals surface area contributed by atoms with Gasteiger partial charge >= 0.3 is 0 Å². The van der Waals surface area contributed by atoms with Gasteiger partial charge in [0.2, 0.25) is 5.91 Å². The predicted octanol–water partition coefficient (Wildman–Crippen LogP) is -0.131. The van der Waals surface area contributed by atoms with Crippen LogP contribution < -0.4 is 10.6 Å². The molecule has 0 spiro atoms. The van der Waals surface area contributed by atoms with Crippen LogP contribution in [0.5, 0.6) is 0 Å². The standard InChI is InChI=1S/C9H20N2O2S/c1-8(5-7-14(3)13)11-9(12)4-6-10-2/h8,10H,4-7H2,1-3H3,(H,11,12). The van der Waals surface area contributed by atoms with E-state index in [-0.39, 0.29) is 11.9 Å². The molecule has 2 unspecified atom stereocenters. The van der Waals surface area contributed by atoms with E-state index >= 15 is 0 Å². The van der Waals surface area contributed by atoms with Gasteiger partial charge in [-0.05, 0) is 20.4 Å². The molecule has 0 aliphatic heterocycles. The molecule has 14 heavy (non-hydrogen) atoms. The molecule has 84 valence electrons. The van der Waals surface area contributed by atoms with Crippen LogP contribution in [0.25, 0.3) is 0 Å². The lowest BCUT2D eigenvalue weighted by Crippen LogP contribution is -2.34. The van der Waals surface area contributed by atoms with Crippen LogP contribution in [-0.2, 0) is 15.6 Å². The van der Waals surface area contributed by atoms with E-state index in [1.165, 1.54) is 0 Å². The Bertz CT molecular complexity index is 197. The third-order valence-electron chi connectivity index (χ3n) is 1.85. The summed E-state index contributed by atoms with van der Waals surface area (Å²) < 4.78 is 10.8. The van der Waals surface area contributed by atoms with E-state index in [4.69, 9.17) is 0 Å². The molecular formula is C9H20N2O2S. The topological polar surface area (TPSA) is 58.2 Å². The lowest BCUT2D eigenvalue weighted by atomic mass is 10.2. The van der Waals surface area contributed by atoms with Crippen molar-refractivity contribution in [2.75, 3.05) is 25.6 Å². The van der Waals surface area contributed by atoms with Crippen molar-refractivity contribution in [1.29, 1.82) is 0 Å². The van der Waals surface area contributed by atoms with Crippen molar-refractivity contribution in [3.63, 3.8) is 0 Å². The molecule has 0 aliphatic rings. The molecule has 0 saturated heterocycles.